The maximum Gasteiger partial charge on any atom is 0.0576 e. The molecule has 1 nitrogen and oxygen atoms in total. The Kier molecular flexibility index (Phi) is 4.97. The van der Waals surface area contributed by atoms with Crippen molar-refractivity contribution in [2.75, 3.05) is 6.54 Å². The molecule has 0 aliphatic heterocycles. The van der Waals surface area contributed by atoms with Crippen LogP contribution in [-0.2, 0) is 0 Å². The van der Waals surface area contributed by atoms with Gasteiger partial charge in [-0.3, -0.25) is 0 Å². The zero-order chi connectivity index (χ0) is 14.5. The summed E-state index contributed by atoms with van der Waals surface area (Å²) >= 11 is 0. The van der Waals surface area contributed by atoms with E-state index in [1.165, 1.54) is 27.8 Å². The molecule has 2 aromatic rings. The normalized spacial score (nSPS) is 12.4. The van der Waals surface area contributed by atoms with E-state index >= 15 is 0 Å². The van der Waals surface area contributed by atoms with Gasteiger partial charge in [0.2, 0.25) is 0 Å². The molecule has 0 heterocycles. The number of benzene rings is 2. The molecule has 0 amide bonds. The highest BCUT2D eigenvalue weighted by atomic mass is 14.9. The van der Waals surface area contributed by atoms with Crippen LogP contribution in [0.25, 0.3) is 0 Å². The summed E-state index contributed by atoms with van der Waals surface area (Å²) in [5, 5.41) is 3.68. The summed E-state index contributed by atoms with van der Waals surface area (Å²) < 4.78 is 0. The van der Waals surface area contributed by atoms with E-state index in [9.17, 15) is 0 Å². The highest BCUT2D eigenvalue weighted by Crippen LogP contribution is 2.24. The van der Waals surface area contributed by atoms with Crippen LogP contribution < -0.4 is 5.32 Å². The molecule has 1 atom stereocenters. The summed E-state index contributed by atoms with van der Waals surface area (Å²) in [4.78, 5) is 0. The van der Waals surface area contributed by atoms with Gasteiger partial charge in [0.1, 0.15) is 0 Å². The molecule has 0 fully saturated rings. The number of hydrogen-bond donors (Lipinski definition) is 1. The van der Waals surface area contributed by atoms with Crippen molar-refractivity contribution in [1.82, 2.24) is 5.32 Å². The molecule has 0 spiro atoms. The Morgan fingerprint density at radius 3 is 2.30 bits per heavy atom. The molecule has 0 aliphatic rings. The van der Waals surface area contributed by atoms with Crippen molar-refractivity contribution < 1.29 is 0 Å². The van der Waals surface area contributed by atoms with Crippen LogP contribution in [0.3, 0.4) is 0 Å². The van der Waals surface area contributed by atoms with E-state index in [-0.39, 0.29) is 6.04 Å². The quantitative estimate of drug-likeness (QED) is 0.828. The van der Waals surface area contributed by atoms with Gasteiger partial charge in [-0.1, -0.05) is 55.0 Å². The van der Waals surface area contributed by atoms with Gasteiger partial charge in [0.15, 0.2) is 0 Å². The molecule has 1 heteroatoms. The van der Waals surface area contributed by atoms with Gasteiger partial charge in [0.25, 0.3) is 0 Å². The minimum atomic E-state index is 0.286. The standard InChI is InChI=1S/C19H25N/c1-5-11-20-19(17-8-6-7-14(2)12-17)18-10-9-15(3)16(4)13-18/h6-10,12-13,19-20H,5,11H2,1-4H3. The molecule has 0 saturated heterocycles. The zero-order valence-electron chi connectivity index (χ0n) is 13.0. The van der Waals surface area contributed by atoms with Crippen molar-refractivity contribution in [2.24, 2.45) is 0 Å². The third kappa shape index (κ3) is 3.49. The Labute approximate surface area is 123 Å². The lowest BCUT2D eigenvalue weighted by Crippen LogP contribution is -2.23. The lowest BCUT2D eigenvalue weighted by molar-refractivity contribution is 0.598. The average molecular weight is 267 g/mol. The van der Waals surface area contributed by atoms with Crippen molar-refractivity contribution in [3.05, 3.63) is 70.3 Å². The fourth-order valence-electron chi connectivity index (χ4n) is 2.51. The molecule has 2 aromatic carbocycles. The second-order valence-corrected chi connectivity index (χ2v) is 5.64. The maximum atomic E-state index is 3.68. The van der Waals surface area contributed by atoms with E-state index in [2.05, 4.69) is 75.5 Å². The molecule has 0 bridgehead atoms. The van der Waals surface area contributed by atoms with Crippen LogP contribution in [0.4, 0.5) is 0 Å². The third-order valence-electron chi connectivity index (χ3n) is 3.84. The molecule has 0 aliphatic carbocycles. The average Bonchev–Trinajstić information content (AvgIpc) is 2.43. The molecule has 2 rings (SSSR count). The highest BCUT2D eigenvalue weighted by molar-refractivity contribution is 5.38. The van der Waals surface area contributed by atoms with E-state index in [1.807, 2.05) is 0 Å². The predicted molar refractivity (Wildman–Crippen MR) is 87.2 cm³/mol. The zero-order valence-corrected chi connectivity index (χ0v) is 13.0. The van der Waals surface area contributed by atoms with Crippen LogP contribution >= 0.6 is 0 Å². The second kappa shape index (κ2) is 6.71. The Morgan fingerprint density at radius 1 is 0.900 bits per heavy atom. The molecule has 20 heavy (non-hydrogen) atoms. The van der Waals surface area contributed by atoms with E-state index in [4.69, 9.17) is 0 Å². The number of aryl methyl sites for hydroxylation is 3. The molecular formula is C19H25N. The fraction of sp³-hybridized carbons (Fsp3) is 0.368. The topological polar surface area (TPSA) is 12.0 Å². The smallest absolute Gasteiger partial charge is 0.0576 e. The van der Waals surface area contributed by atoms with Crippen LogP contribution in [0, 0.1) is 20.8 Å². The first-order chi connectivity index (χ1) is 9.61. The molecule has 0 aromatic heterocycles. The fourth-order valence-corrected chi connectivity index (χ4v) is 2.51. The Balaban J connectivity index is 2.38. The number of nitrogens with one attached hydrogen (secondary N) is 1. The molecule has 0 saturated carbocycles. The third-order valence-corrected chi connectivity index (χ3v) is 3.84. The van der Waals surface area contributed by atoms with Gasteiger partial charge >= 0.3 is 0 Å². The van der Waals surface area contributed by atoms with Crippen molar-refractivity contribution >= 4 is 0 Å². The summed E-state index contributed by atoms with van der Waals surface area (Å²) in [7, 11) is 0. The van der Waals surface area contributed by atoms with Crippen LogP contribution in [0.2, 0.25) is 0 Å². The lowest BCUT2D eigenvalue weighted by atomic mass is 9.94. The SMILES string of the molecule is CCCNC(c1cccc(C)c1)c1ccc(C)c(C)c1. The van der Waals surface area contributed by atoms with Crippen molar-refractivity contribution in [1.29, 1.82) is 0 Å². The van der Waals surface area contributed by atoms with Crippen LogP contribution in [0.15, 0.2) is 42.5 Å². The van der Waals surface area contributed by atoms with E-state index in [1.54, 1.807) is 0 Å². The van der Waals surface area contributed by atoms with Gasteiger partial charge in [-0.15, -0.1) is 0 Å². The van der Waals surface area contributed by atoms with Crippen LogP contribution in [0.5, 0.6) is 0 Å². The van der Waals surface area contributed by atoms with Gasteiger partial charge in [-0.25, -0.2) is 0 Å². The van der Waals surface area contributed by atoms with Gasteiger partial charge in [0.05, 0.1) is 6.04 Å². The van der Waals surface area contributed by atoms with E-state index < -0.39 is 0 Å². The molecule has 1 N–H and O–H groups in total. The van der Waals surface area contributed by atoms with E-state index in [0.717, 1.165) is 13.0 Å². The number of rotatable bonds is 5. The first-order valence-corrected chi connectivity index (χ1v) is 7.49. The van der Waals surface area contributed by atoms with Crippen LogP contribution in [0.1, 0.15) is 47.2 Å². The van der Waals surface area contributed by atoms with Crippen molar-refractivity contribution in [3.8, 4) is 0 Å². The summed E-state index contributed by atoms with van der Waals surface area (Å²) in [5.74, 6) is 0. The Bertz CT molecular complexity index is 572. The first kappa shape index (κ1) is 14.8. The predicted octanol–water partition coefficient (Wildman–Crippen LogP) is 4.70. The molecule has 0 radical (unpaired) electrons. The van der Waals surface area contributed by atoms with Crippen molar-refractivity contribution in [2.45, 2.75) is 40.2 Å². The molecule has 1 unspecified atom stereocenters. The van der Waals surface area contributed by atoms with Crippen LogP contribution in [-0.4, -0.2) is 6.54 Å². The summed E-state index contributed by atoms with van der Waals surface area (Å²) in [6, 6.07) is 15.9. The summed E-state index contributed by atoms with van der Waals surface area (Å²) in [6.45, 7) is 9.75. The first-order valence-electron chi connectivity index (χ1n) is 7.49. The monoisotopic (exact) mass is 267 g/mol. The van der Waals surface area contributed by atoms with Gasteiger partial charge in [-0.2, -0.15) is 0 Å². The lowest BCUT2D eigenvalue weighted by Gasteiger charge is -2.21. The number of hydrogen-bond acceptors (Lipinski definition) is 1. The van der Waals surface area contributed by atoms with Crippen molar-refractivity contribution in [3.63, 3.8) is 0 Å². The van der Waals surface area contributed by atoms with Gasteiger partial charge in [0, 0.05) is 0 Å². The summed E-state index contributed by atoms with van der Waals surface area (Å²) in [6.07, 6.45) is 1.15. The minimum absolute atomic E-state index is 0.286. The molecule has 106 valence electrons. The Hall–Kier alpha value is -1.60. The van der Waals surface area contributed by atoms with Gasteiger partial charge < -0.3 is 5.32 Å². The van der Waals surface area contributed by atoms with E-state index in [0.29, 0.717) is 0 Å². The summed E-state index contributed by atoms with van der Waals surface area (Å²) in [5.41, 5.74) is 6.73. The largest absolute Gasteiger partial charge is 0.306 e. The minimum Gasteiger partial charge on any atom is -0.306 e. The molecular weight excluding hydrogens is 242 g/mol. The highest BCUT2D eigenvalue weighted by Gasteiger charge is 2.13. The Morgan fingerprint density at radius 2 is 1.65 bits per heavy atom. The maximum absolute atomic E-state index is 3.68. The second-order valence-electron chi connectivity index (χ2n) is 5.64. The van der Waals surface area contributed by atoms with Gasteiger partial charge in [-0.05, 0) is 56.0 Å².